The van der Waals surface area contributed by atoms with Gasteiger partial charge in [0.1, 0.15) is 11.7 Å². The molecule has 1 atom stereocenters. The van der Waals surface area contributed by atoms with Crippen LogP contribution in [0.1, 0.15) is 120 Å². The van der Waals surface area contributed by atoms with Gasteiger partial charge in [-0.25, -0.2) is 0 Å². The molecule has 3 N–H and O–H groups in total. The Labute approximate surface area is 376 Å². The van der Waals surface area contributed by atoms with Crippen LogP contribution in [0.4, 0.5) is 5.69 Å². The zero-order chi connectivity index (χ0) is 45.0. The van der Waals surface area contributed by atoms with Crippen molar-refractivity contribution < 1.29 is 33.5 Å². The van der Waals surface area contributed by atoms with Crippen molar-refractivity contribution in [2.45, 2.75) is 96.2 Å². The van der Waals surface area contributed by atoms with Crippen molar-refractivity contribution in [1.82, 2.24) is 40.2 Å². The number of imide groups is 2. The number of hydrogen-bond acceptors (Lipinski definition) is 11. The summed E-state index contributed by atoms with van der Waals surface area (Å²) in [6.45, 7) is 5.44. The number of aromatic nitrogens is 4. The summed E-state index contributed by atoms with van der Waals surface area (Å²) in [5, 5.41) is 15.7. The van der Waals surface area contributed by atoms with Crippen LogP contribution in [0.15, 0.2) is 67.0 Å². The smallest absolute Gasteiger partial charge is 0.269 e. The standard InChI is InChI=1S/C49H53N9O7/c1-30(59)56-23-18-41-37(29-56)45(55-58(41)33-19-24-65-25-20-33)34-11-8-10-31-26-40(53-28-36(31)34)32-14-15-39(52-27-32)46(61)51-22-7-5-3-2-4-6-21-50-38-13-9-12-35-44(38)49(64)57(48(35)63)42-16-17-43(60)54-47(42)62/h8-15,26-28,33,42,50H,2-7,16-25,29H2,1H3,(H,51,61)(H,54,60,62). The average molecular weight is 880 g/mol. The molecular formula is C49H53N9O7. The van der Waals surface area contributed by atoms with Crippen LogP contribution in [0, 0.1) is 0 Å². The molecule has 3 aromatic heterocycles. The van der Waals surface area contributed by atoms with Gasteiger partial charge in [0.15, 0.2) is 0 Å². The van der Waals surface area contributed by atoms with Crippen LogP contribution in [-0.4, -0.2) is 104 Å². The van der Waals surface area contributed by atoms with E-state index in [9.17, 15) is 28.8 Å². The first-order valence-corrected chi connectivity index (χ1v) is 22.8. The topological polar surface area (TPSA) is 198 Å². The summed E-state index contributed by atoms with van der Waals surface area (Å²) in [4.78, 5) is 88.0. The van der Waals surface area contributed by atoms with Crippen LogP contribution in [0.2, 0.25) is 0 Å². The van der Waals surface area contributed by atoms with Gasteiger partial charge in [-0.05, 0) is 67.8 Å². The molecule has 0 bridgehead atoms. The van der Waals surface area contributed by atoms with Crippen molar-refractivity contribution in [2.24, 2.45) is 0 Å². The molecule has 4 aliphatic rings. The monoisotopic (exact) mass is 879 g/mol. The fourth-order valence-corrected chi connectivity index (χ4v) is 9.51. The number of fused-ring (bicyclic) bond motifs is 3. The summed E-state index contributed by atoms with van der Waals surface area (Å²) in [7, 11) is 0. The van der Waals surface area contributed by atoms with Crippen molar-refractivity contribution in [3.05, 3.63) is 95.1 Å². The highest BCUT2D eigenvalue weighted by atomic mass is 16.5. The Morgan fingerprint density at radius 3 is 2.37 bits per heavy atom. The van der Waals surface area contributed by atoms with E-state index in [1.54, 1.807) is 37.4 Å². The molecule has 336 valence electrons. The van der Waals surface area contributed by atoms with Crippen molar-refractivity contribution >= 4 is 51.9 Å². The Kier molecular flexibility index (Phi) is 12.8. The number of carbonyl (C=O) groups is 6. The Balaban J connectivity index is 0.730. The van der Waals surface area contributed by atoms with Crippen LogP contribution >= 0.6 is 0 Å². The Bertz CT molecular complexity index is 2670. The highest BCUT2D eigenvalue weighted by molar-refractivity contribution is 6.25. The molecule has 0 saturated carbocycles. The Morgan fingerprint density at radius 2 is 1.60 bits per heavy atom. The Morgan fingerprint density at radius 1 is 0.831 bits per heavy atom. The lowest BCUT2D eigenvalue weighted by Crippen LogP contribution is -2.54. The second kappa shape index (κ2) is 19.1. The van der Waals surface area contributed by atoms with E-state index in [1.165, 1.54) is 5.69 Å². The molecular weight excluding hydrogens is 827 g/mol. The normalized spacial score (nSPS) is 17.6. The number of nitrogens with one attached hydrogen (secondary N) is 3. The predicted molar refractivity (Wildman–Crippen MR) is 242 cm³/mol. The zero-order valence-corrected chi connectivity index (χ0v) is 36.6. The highest BCUT2D eigenvalue weighted by Gasteiger charge is 2.45. The van der Waals surface area contributed by atoms with Gasteiger partial charge in [-0.2, -0.15) is 5.10 Å². The highest BCUT2D eigenvalue weighted by Crippen LogP contribution is 2.38. The molecule has 2 aromatic carbocycles. The second-order valence-electron chi connectivity index (χ2n) is 17.3. The van der Waals surface area contributed by atoms with E-state index >= 15 is 0 Å². The van der Waals surface area contributed by atoms with E-state index in [4.69, 9.17) is 14.8 Å². The lowest BCUT2D eigenvalue weighted by Gasteiger charge is -2.29. The van der Waals surface area contributed by atoms with E-state index in [1.807, 2.05) is 29.3 Å². The molecule has 5 aromatic rings. The molecule has 7 heterocycles. The van der Waals surface area contributed by atoms with Crippen molar-refractivity contribution in [1.29, 1.82) is 0 Å². The van der Waals surface area contributed by atoms with Crippen molar-refractivity contribution in [3.8, 4) is 22.5 Å². The molecule has 2 saturated heterocycles. The maximum atomic E-state index is 13.3. The number of piperidine rings is 1. The third-order valence-electron chi connectivity index (χ3n) is 13.1. The van der Waals surface area contributed by atoms with Crippen LogP contribution < -0.4 is 16.0 Å². The minimum atomic E-state index is -0.998. The van der Waals surface area contributed by atoms with E-state index in [0.717, 1.165) is 115 Å². The van der Waals surface area contributed by atoms with Gasteiger partial charge >= 0.3 is 0 Å². The summed E-state index contributed by atoms with van der Waals surface area (Å²) in [5.74, 6) is -2.24. The summed E-state index contributed by atoms with van der Waals surface area (Å²) < 4.78 is 7.86. The number of carbonyl (C=O) groups excluding carboxylic acids is 6. The van der Waals surface area contributed by atoms with E-state index < -0.39 is 29.7 Å². The zero-order valence-electron chi connectivity index (χ0n) is 36.6. The first-order chi connectivity index (χ1) is 31.7. The van der Waals surface area contributed by atoms with E-state index in [-0.39, 0.29) is 41.8 Å². The van der Waals surface area contributed by atoms with Gasteiger partial charge in [-0.1, -0.05) is 49.9 Å². The van der Waals surface area contributed by atoms with Crippen LogP contribution in [0.5, 0.6) is 0 Å². The maximum Gasteiger partial charge on any atom is 0.269 e. The lowest BCUT2D eigenvalue weighted by molar-refractivity contribution is -0.136. The number of hydrogen-bond donors (Lipinski definition) is 3. The van der Waals surface area contributed by atoms with Crippen molar-refractivity contribution in [3.63, 3.8) is 0 Å². The summed E-state index contributed by atoms with van der Waals surface area (Å²) in [6.07, 6.45) is 12.0. The summed E-state index contributed by atoms with van der Waals surface area (Å²) >= 11 is 0. The number of unbranched alkanes of at least 4 members (excludes halogenated alkanes) is 5. The van der Waals surface area contributed by atoms with Gasteiger partial charge < -0.3 is 20.3 Å². The van der Waals surface area contributed by atoms with Gasteiger partial charge in [0, 0.05) is 105 Å². The fourth-order valence-electron chi connectivity index (χ4n) is 9.51. The van der Waals surface area contributed by atoms with Gasteiger partial charge in [0.05, 0.1) is 28.6 Å². The van der Waals surface area contributed by atoms with Crippen LogP contribution in [0.25, 0.3) is 33.3 Å². The molecule has 16 heteroatoms. The van der Waals surface area contributed by atoms with Gasteiger partial charge in [0.25, 0.3) is 17.7 Å². The quantitative estimate of drug-likeness (QED) is 0.0824. The number of ether oxygens (including phenoxy) is 1. The average Bonchev–Trinajstić information content (AvgIpc) is 3.83. The minimum Gasteiger partial charge on any atom is -0.384 e. The Hall–Kier alpha value is -6.81. The SMILES string of the molecule is CC(=O)N1CCc2c(c(-c3cccc4cc(-c5ccc(C(=O)NCCCCCCCCNc6cccc7c6C(=O)N(C6CCC(=O)NC6=O)C7=O)nc5)ncc34)nn2C2CCOCC2)C1. The molecule has 0 spiro atoms. The number of benzene rings is 2. The van der Waals surface area contributed by atoms with Crippen LogP contribution in [-0.2, 0) is 32.1 Å². The maximum absolute atomic E-state index is 13.3. The van der Waals surface area contributed by atoms with Gasteiger partial charge in [0.2, 0.25) is 17.7 Å². The molecule has 9 rings (SSSR count). The van der Waals surface area contributed by atoms with E-state index in [0.29, 0.717) is 37.6 Å². The molecule has 16 nitrogen and oxygen atoms in total. The molecule has 1 unspecified atom stereocenters. The lowest BCUT2D eigenvalue weighted by atomic mass is 9.96. The minimum absolute atomic E-state index is 0.0632. The largest absolute Gasteiger partial charge is 0.384 e. The number of anilines is 1. The summed E-state index contributed by atoms with van der Waals surface area (Å²) in [6, 6.07) is 16.2. The first kappa shape index (κ1) is 43.4. The van der Waals surface area contributed by atoms with Gasteiger partial charge in [-0.15, -0.1) is 0 Å². The number of pyridine rings is 2. The molecule has 6 amide bonds. The predicted octanol–water partition coefficient (Wildman–Crippen LogP) is 6.00. The third kappa shape index (κ3) is 8.99. The first-order valence-electron chi connectivity index (χ1n) is 22.8. The second-order valence-corrected chi connectivity index (χ2v) is 17.3. The third-order valence-corrected chi connectivity index (χ3v) is 13.1. The summed E-state index contributed by atoms with van der Waals surface area (Å²) in [5.41, 5.74) is 7.17. The van der Waals surface area contributed by atoms with E-state index in [2.05, 4.69) is 37.7 Å². The molecule has 2 fully saturated rings. The molecule has 0 radical (unpaired) electrons. The van der Waals surface area contributed by atoms with Crippen molar-refractivity contribution in [2.75, 3.05) is 38.2 Å². The fraction of sp³-hybridized carbons (Fsp3) is 0.408. The van der Waals surface area contributed by atoms with Gasteiger partial charge in [-0.3, -0.25) is 53.6 Å². The number of amides is 6. The molecule has 0 aliphatic carbocycles. The van der Waals surface area contributed by atoms with Crippen LogP contribution in [0.3, 0.4) is 0 Å². The molecule has 65 heavy (non-hydrogen) atoms. The number of nitrogens with zero attached hydrogens (tertiary/aromatic N) is 6. The molecule has 4 aliphatic heterocycles. The number of rotatable bonds is 15.